The molecular formula is C16H26N2O6. The van der Waals surface area contributed by atoms with Gasteiger partial charge in [0.15, 0.2) is 5.82 Å². The standard InChI is InChI=1S/C16H26N2O6/c1-4-6-7-8-13(9-15(19)22-5-2)23-16(20)11-21-10-14-17-12(3)18-24-14/h13H,4-11H2,1-3H3/t13-/m1/s1. The first-order valence-corrected chi connectivity index (χ1v) is 8.27. The Morgan fingerprint density at radius 3 is 2.62 bits per heavy atom. The molecule has 0 bridgehead atoms. The number of rotatable bonds is 12. The summed E-state index contributed by atoms with van der Waals surface area (Å²) in [4.78, 5) is 27.4. The second kappa shape index (κ2) is 11.6. The maximum absolute atomic E-state index is 11.9. The molecule has 0 aromatic carbocycles. The van der Waals surface area contributed by atoms with Crippen molar-refractivity contribution in [3.8, 4) is 0 Å². The Hall–Kier alpha value is -1.96. The van der Waals surface area contributed by atoms with E-state index in [0.717, 1.165) is 19.3 Å². The van der Waals surface area contributed by atoms with Gasteiger partial charge in [-0.25, -0.2) is 4.79 Å². The third-order valence-corrected chi connectivity index (χ3v) is 3.14. The number of nitrogens with zero attached hydrogens (tertiary/aromatic N) is 2. The van der Waals surface area contributed by atoms with Crippen molar-refractivity contribution in [2.24, 2.45) is 0 Å². The van der Waals surface area contributed by atoms with Gasteiger partial charge in [-0.3, -0.25) is 4.79 Å². The molecule has 0 saturated carbocycles. The van der Waals surface area contributed by atoms with Crippen molar-refractivity contribution >= 4 is 11.9 Å². The number of aryl methyl sites for hydroxylation is 1. The molecule has 0 aliphatic heterocycles. The van der Waals surface area contributed by atoms with Gasteiger partial charge in [-0.05, 0) is 26.7 Å². The zero-order valence-electron chi connectivity index (χ0n) is 14.6. The lowest BCUT2D eigenvalue weighted by Gasteiger charge is -2.17. The quantitative estimate of drug-likeness (QED) is 0.421. The van der Waals surface area contributed by atoms with Gasteiger partial charge in [-0.15, -0.1) is 0 Å². The number of aromatic nitrogens is 2. The molecule has 0 fully saturated rings. The molecule has 0 amide bonds. The van der Waals surface area contributed by atoms with E-state index in [4.69, 9.17) is 18.7 Å². The van der Waals surface area contributed by atoms with Gasteiger partial charge in [0, 0.05) is 0 Å². The summed E-state index contributed by atoms with van der Waals surface area (Å²) in [5, 5.41) is 3.62. The van der Waals surface area contributed by atoms with Gasteiger partial charge >= 0.3 is 11.9 Å². The van der Waals surface area contributed by atoms with E-state index in [1.165, 1.54) is 0 Å². The topological polar surface area (TPSA) is 101 Å². The summed E-state index contributed by atoms with van der Waals surface area (Å²) in [5.74, 6) is -0.0981. The molecule has 0 unspecified atom stereocenters. The molecule has 1 heterocycles. The lowest BCUT2D eigenvalue weighted by molar-refractivity contribution is -0.159. The Balaban J connectivity index is 2.35. The molecule has 0 spiro atoms. The van der Waals surface area contributed by atoms with E-state index >= 15 is 0 Å². The molecule has 1 aromatic rings. The van der Waals surface area contributed by atoms with E-state index in [1.807, 2.05) is 0 Å². The summed E-state index contributed by atoms with van der Waals surface area (Å²) in [6, 6.07) is 0. The second-order valence-electron chi connectivity index (χ2n) is 5.34. The maximum Gasteiger partial charge on any atom is 0.332 e. The third-order valence-electron chi connectivity index (χ3n) is 3.14. The predicted molar refractivity (Wildman–Crippen MR) is 84.0 cm³/mol. The molecule has 24 heavy (non-hydrogen) atoms. The van der Waals surface area contributed by atoms with Crippen molar-refractivity contribution in [2.45, 2.75) is 65.6 Å². The summed E-state index contributed by atoms with van der Waals surface area (Å²) in [6.45, 7) is 5.62. The molecule has 8 nitrogen and oxygen atoms in total. The van der Waals surface area contributed by atoms with Crippen LogP contribution in [0.25, 0.3) is 0 Å². The number of carbonyl (C=O) groups is 2. The fourth-order valence-corrected chi connectivity index (χ4v) is 2.07. The van der Waals surface area contributed by atoms with Crippen molar-refractivity contribution in [3.63, 3.8) is 0 Å². The molecule has 0 N–H and O–H groups in total. The van der Waals surface area contributed by atoms with Crippen LogP contribution in [-0.2, 0) is 30.4 Å². The van der Waals surface area contributed by atoms with Crippen molar-refractivity contribution in [1.29, 1.82) is 0 Å². The Kier molecular flexibility index (Phi) is 9.67. The first-order valence-electron chi connectivity index (χ1n) is 8.27. The zero-order valence-corrected chi connectivity index (χ0v) is 14.6. The van der Waals surface area contributed by atoms with Crippen LogP contribution in [0.5, 0.6) is 0 Å². The average Bonchev–Trinajstić information content (AvgIpc) is 2.93. The van der Waals surface area contributed by atoms with Crippen molar-refractivity contribution < 1.29 is 28.3 Å². The van der Waals surface area contributed by atoms with Crippen LogP contribution in [0.15, 0.2) is 4.52 Å². The summed E-state index contributed by atoms with van der Waals surface area (Å²) < 4.78 is 20.3. The fourth-order valence-electron chi connectivity index (χ4n) is 2.07. The second-order valence-corrected chi connectivity index (χ2v) is 5.34. The van der Waals surface area contributed by atoms with Crippen LogP contribution in [-0.4, -0.2) is 41.4 Å². The Labute approximate surface area is 141 Å². The lowest BCUT2D eigenvalue weighted by Crippen LogP contribution is -2.25. The fraction of sp³-hybridized carbons (Fsp3) is 0.750. The smallest absolute Gasteiger partial charge is 0.332 e. The predicted octanol–water partition coefficient (Wildman–Crippen LogP) is 2.34. The monoisotopic (exact) mass is 342 g/mol. The molecule has 1 aromatic heterocycles. The summed E-state index contributed by atoms with van der Waals surface area (Å²) >= 11 is 0. The Morgan fingerprint density at radius 2 is 2.00 bits per heavy atom. The number of hydrogen-bond donors (Lipinski definition) is 0. The molecule has 0 saturated heterocycles. The first kappa shape index (κ1) is 20.1. The first-order chi connectivity index (χ1) is 11.5. The van der Waals surface area contributed by atoms with Gasteiger partial charge in [0.25, 0.3) is 5.89 Å². The largest absolute Gasteiger partial charge is 0.466 e. The third kappa shape index (κ3) is 8.61. The van der Waals surface area contributed by atoms with Crippen molar-refractivity contribution in [3.05, 3.63) is 11.7 Å². The average molecular weight is 342 g/mol. The molecular weight excluding hydrogens is 316 g/mol. The Morgan fingerprint density at radius 1 is 1.21 bits per heavy atom. The number of unbranched alkanes of at least 4 members (excludes halogenated alkanes) is 2. The number of hydrogen-bond acceptors (Lipinski definition) is 8. The van der Waals surface area contributed by atoms with Crippen LogP contribution >= 0.6 is 0 Å². The van der Waals surface area contributed by atoms with Gasteiger partial charge in [-0.2, -0.15) is 4.98 Å². The summed E-state index contributed by atoms with van der Waals surface area (Å²) in [6.07, 6.45) is 3.15. The number of esters is 2. The van der Waals surface area contributed by atoms with E-state index in [2.05, 4.69) is 17.1 Å². The molecule has 1 rings (SSSR count). The van der Waals surface area contributed by atoms with Crippen molar-refractivity contribution in [2.75, 3.05) is 13.2 Å². The van der Waals surface area contributed by atoms with Crippen LogP contribution in [0, 0.1) is 6.92 Å². The maximum atomic E-state index is 11.9. The minimum Gasteiger partial charge on any atom is -0.466 e. The minimum atomic E-state index is -0.531. The van der Waals surface area contributed by atoms with Gasteiger partial charge in [0.2, 0.25) is 0 Å². The summed E-state index contributed by atoms with van der Waals surface area (Å²) in [5.41, 5.74) is 0. The molecule has 0 aliphatic rings. The summed E-state index contributed by atoms with van der Waals surface area (Å²) in [7, 11) is 0. The highest BCUT2D eigenvalue weighted by atomic mass is 16.6. The Bertz CT molecular complexity index is 503. The van der Waals surface area contributed by atoms with Crippen LogP contribution in [0.3, 0.4) is 0 Å². The van der Waals surface area contributed by atoms with E-state index in [9.17, 15) is 9.59 Å². The van der Waals surface area contributed by atoms with E-state index in [-0.39, 0.29) is 25.6 Å². The lowest BCUT2D eigenvalue weighted by atomic mass is 10.1. The molecule has 1 atom stereocenters. The normalized spacial score (nSPS) is 12.0. The van der Waals surface area contributed by atoms with Gasteiger partial charge in [0.05, 0.1) is 13.0 Å². The van der Waals surface area contributed by atoms with E-state index < -0.39 is 12.1 Å². The van der Waals surface area contributed by atoms with Crippen LogP contribution in [0.4, 0.5) is 0 Å². The molecule has 0 radical (unpaired) electrons. The zero-order chi connectivity index (χ0) is 17.8. The highest BCUT2D eigenvalue weighted by Crippen LogP contribution is 2.12. The van der Waals surface area contributed by atoms with Crippen LogP contribution in [0.1, 0.15) is 57.7 Å². The van der Waals surface area contributed by atoms with Gasteiger partial charge < -0.3 is 18.7 Å². The van der Waals surface area contributed by atoms with E-state index in [1.54, 1.807) is 13.8 Å². The number of carbonyl (C=O) groups excluding carboxylic acids is 2. The van der Waals surface area contributed by atoms with Crippen LogP contribution < -0.4 is 0 Å². The highest BCUT2D eigenvalue weighted by molar-refractivity contribution is 5.73. The van der Waals surface area contributed by atoms with Gasteiger partial charge in [0.1, 0.15) is 19.3 Å². The van der Waals surface area contributed by atoms with E-state index in [0.29, 0.717) is 24.7 Å². The SMILES string of the molecule is CCCCC[C@H](CC(=O)OCC)OC(=O)COCc1nc(C)no1. The van der Waals surface area contributed by atoms with Crippen molar-refractivity contribution in [1.82, 2.24) is 10.1 Å². The van der Waals surface area contributed by atoms with Gasteiger partial charge in [-0.1, -0.05) is 24.9 Å². The van der Waals surface area contributed by atoms with Crippen LogP contribution in [0.2, 0.25) is 0 Å². The minimum absolute atomic E-state index is 0.0360. The highest BCUT2D eigenvalue weighted by Gasteiger charge is 2.19. The molecule has 0 aliphatic carbocycles. The number of ether oxygens (including phenoxy) is 3. The molecule has 136 valence electrons. The molecule has 8 heteroatoms.